The number of aliphatic carboxylic acids is 1. The molecule has 0 bridgehead atoms. The molecule has 0 rings (SSSR count). The molecule has 0 saturated carbocycles. The fourth-order valence-corrected chi connectivity index (χ4v) is 2.10. The molecule has 0 aliphatic carbocycles. The molecule has 122 valence electrons. The third-order valence-electron chi connectivity index (χ3n) is 2.72. The molecule has 2 amide bonds. The SMILES string of the molecule is C[C@H](NC(=O)[C@H](C)NC(=O)[C@@H]([NH3+])CCP(C)(=O)[O-])C(=O)[O-]. The van der Waals surface area contributed by atoms with Crippen LogP contribution in [0.15, 0.2) is 0 Å². The van der Waals surface area contributed by atoms with E-state index in [2.05, 4.69) is 16.4 Å². The molecule has 10 heteroatoms. The zero-order valence-electron chi connectivity index (χ0n) is 12.3. The van der Waals surface area contributed by atoms with Crippen LogP contribution in [0.1, 0.15) is 20.3 Å². The lowest BCUT2D eigenvalue weighted by Crippen LogP contribution is -2.69. The Morgan fingerprint density at radius 3 is 2.05 bits per heavy atom. The van der Waals surface area contributed by atoms with E-state index in [1.807, 2.05) is 0 Å². The van der Waals surface area contributed by atoms with Crippen molar-refractivity contribution in [2.45, 2.75) is 38.4 Å². The number of quaternary nitrogens is 1. The Hall–Kier alpha value is -1.44. The summed E-state index contributed by atoms with van der Waals surface area (Å²) in [5.74, 6) is -2.70. The van der Waals surface area contributed by atoms with E-state index in [-0.39, 0.29) is 12.6 Å². The summed E-state index contributed by atoms with van der Waals surface area (Å²) in [6, 6.07) is -2.97. The zero-order valence-corrected chi connectivity index (χ0v) is 13.1. The van der Waals surface area contributed by atoms with Crippen LogP contribution < -0.4 is 26.4 Å². The quantitative estimate of drug-likeness (QED) is 0.385. The summed E-state index contributed by atoms with van der Waals surface area (Å²) < 4.78 is 11.0. The van der Waals surface area contributed by atoms with Gasteiger partial charge in [-0.05, 0) is 26.7 Å². The van der Waals surface area contributed by atoms with Gasteiger partial charge in [-0.15, -0.1) is 0 Å². The fourth-order valence-electron chi connectivity index (χ4n) is 1.32. The second kappa shape index (κ2) is 8.11. The van der Waals surface area contributed by atoms with Gasteiger partial charge < -0.3 is 35.7 Å². The fraction of sp³-hybridized carbons (Fsp3) is 0.727. The van der Waals surface area contributed by atoms with Gasteiger partial charge in [-0.3, -0.25) is 9.59 Å². The number of carbonyl (C=O) groups excluding carboxylic acids is 3. The third-order valence-corrected chi connectivity index (χ3v) is 3.79. The first-order chi connectivity index (χ1) is 9.44. The number of carboxylic acids is 1. The zero-order chi connectivity index (χ0) is 16.8. The highest BCUT2D eigenvalue weighted by Gasteiger charge is 2.23. The van der Waals surface area contributed by atoms with Gasteiger partial charge in [0.15, 0.2) is 6.04 Å². The summed E-state index contributed by atoms with van der Waals surface area (Å²) in [7, 11) is -3.46. The summed E-state index contributed by atoms with van der Waals surface area (Å²) in [4.78, 5) is 44.8. The van der Waals surface area contributed by atoms with Crippen LogP contribution in [0.3, 0.4) is 0 Å². The van der Waals surface area contributed by atoms with E-state index >= 15 is 0 Å². The van der Waals surface area contributed by atoms with Crippen LogP contribution in [0.4, 0.5) is 0 Å². The van der Waals surface area contributed by atoms with Gasteiger partial charge in [0.2, 0.25) is 5.91 Å². The van der Waals surface area contributed by atoms with Gasteiger partial charge in [0.25, 0.3) is 5.91 Å². The Labute approximate surface area is 122 Å². The van der Waals surface area contributed by atoms with E-state index in [9.17, 15) is 28.9 Å². The molecule has 21 heavy (non-hydrogen) atoms. The number of nitrogens with one attached hydrogen (secondary N) is 2. The number of rotatable bonds is 8. The molecule has 0 radical (unpaired) electrons. The average molecular weight is 322 g/mol. The van der Waals surface area contributed by atoms with Gasteiger partial charge in [0.1, 0.15) is 6.04 Å². The average Bonchev–Trinajstić information content (AvgIpc) is 2.34. The van der Waals surface area contributed by atoms with Gasteiger partial charge in [-0.1, -0.05) is 0 Å². The van der Waals surface area contributed by atoms with Crippen LogP contribution in [0, 0.1) is 0 Å². The van der Waals surface area contributed by atoms with Gasteiger partial charge in [0, 0.05) is 13.8 Å². The topological polar surface area (TPSA) is 166 Å². The predicted molar refractivity (Wildman–Crippen MR) is 69.9 cm³/mol. The van der Waals surface area contributed by atoms with Crippen molar-refractivity contribution < 1.29 is 34.7 Å². The van der Waals surface area contributed by atoms with Crippen LogP contribution in [-0.2, 0) is 18.9 Å². The Kier molecular flexibility index (Phi) is 7.56. The van der Waals surface area contributed by atoms with E-state index in [0.717, 1.165) is 6.66 Å². The second-order valence-electron chi connectivity index (χ2n) is 5.00. The van der Waals surface area contributed by atoms with E-state index in [1.165, 1.54) is 13.8 Å². The molecule has 1 unspecified atom stereocenters. The van der Waals surface area contributed by atoms with Crippen molar-refractivity contribution >= 4 is 25.2 Å². The van der Waals surface area contributed by atoms with Crippen molar-refractivity contribution in [1.29, 1.82) is 0 Å². The molecule has 0 spiro atoms. The smallest absolute Gasteiger partial charge is 0.278 e. The minimum atomic E-state index is -3.46. The van der Waals surface area contributed by atoms with Crippen LogP contribution in [0.5, 0.6) is 0 Å². The monoisotopic (exact) mass is 322 g/mol. The minimum absolute atomic E-state index is 0.0485. The number of carboxylic acid groups (broad SMARTS) is 1. The van der Waals surface area contributed by atoms with Crippen LogP contribution in [-0.4, -0.2) is 48.7 Å². The highest BCUT2D eigenvalue weighted by Crippen LogP contribution is 2.30. The largest absolute Gasteiger partial charge is 0.799 e. The van der Waals surface area contributed by atoms with E-state index in [1.54, 1.807) is 0 Å². The van der Waals surface area contributed by atoms with Crippen LogP contribution >= 0.6 is 7.37 Å². The van der Waals surface area contributed by atoms with Gasteiger partial charge in [-0.2, -0.15) is 0 Å². The number of hydrogen-bond acceptors (Lipinski definition) is 6. The number of amides is 2. The Morgan fingerprint density at radius 1 is 1.14 bits per heavy atom. The van der Waals surface area contributed by atoms with Gasteiger partial charge >= 0.3 is 0 Å². The number of carbonyl (C=O) groups is 3. The minimum Gasteiger partial charge on any atom is -0.799 e. The molecule has 9 nitrogen and oxygen atoms in total. The number of hydrogen-bond donors (Lipinski definition) is 3. The first-order valence-electron chi connectivity index (χ1n) is 6.36. The third kappa shape index (κ3) is 8.44. The maximum Gasteiger partial charge on any atom is 0.278 e. The molecule has 4 atom stereocenters. The first kappa shape index (κ1) is 19.6. The van der Waals surface area contributed by atoms with Crippen molar-refractivity contribution in [2.24, 2.45) is 0 Å². The summed E-state index contributed by atoms with van der Waals surface area (Å²) in [6.45, 7) is 3.69. The molecule has 5 N–H and O–H groups in total. The van der Waals surface area contributed by atoms with Crippen molar-refractivity contribution in [2.75, 3.05) is 12.8 Å². The summed E-state index contributed by atoms with van der Waals surface area (Å²) in [6.07, 6.45) is -0.107. The lowest BCUT2D eigenvalue weighted by Gasteiger charge is -2.21. The lowest BCUT2D eigenvalue weighted by molar-refractivity contribution is -0.404. The highest BCUT2D eigenvalue weighted by atomic mass is 31.2. The maximum absolute atomic E-state index is 11.7. The molecule has 0 saturated heterocycles. The Balaban J connectivity index is 4.33. The molecule has 0 aromatic heterocycles. The molecule has 0 heterocycles. The Bertz CT molecular complexity index is 449. The molecular weight excluding hydrogens is 301 g/mol. The normalized spacial score (nSPS) is 18.0. The molecule has 0 aliphatic heterocycles. The van der Waals surface area contributed by atoms with E-state index in [4.69, 9.17) is 0 Å². The van der Waals surface area contributed by atoms with Crippen LogP contribution in [0.25, 0.3) is 0 Å². The van der Waals surface area contributed by atoms with Crippen molar-refractivity contribution in [3.8, 4) is 0 Å². The molecule has 0 aliphatic rings. The first-order valence-corrected chi connectivity index (χ1v) is 8.62. The summed E-state index contributed by atoms with van der Waals surface area (Å²) >= 11 is 0. The molecule has 0 aromatic carbocycles. The summed E-state index contributed by atoms with van der Waals surface area (Å²) in [5.41, 5.74) is 3.53. The molecular formula is C11H21N3O6P-. The highest BCUT2D eigenvalue weighted by molar-refractivity contribution is 7.55. The second-order valence-corrected chi connectivity index (χ2v) is 7.48. The maximum atomic E-state index is 11.7. The van der Waals surface area contributed by atoms with Gasteiger partial charge in [0.05, 0.1) is 12.0 Å². The van der Waals surface area contributed by atoms with Crippen molar-refractivity contribution in [1.82, 2.24) is 10.6 Å². The van der Waals surface area contributed by atoms with Gasteiger partial charge in [-0.25, -0.2) is 0 Å². The lowest BCUT2D eigenvalue weighted by atomic mass is 10.2. The molecule has 0 aromatic rings. The van der Waals surface area contributed by atoms with E-state index < -0.39 is 43.3 Å². The summed E-state index contributed by atoms with van der Waals surface area (Å²) in [5, 5.41) is 15.0. The van der Waals surface area contributed by atoms with E-state index in [0.29, 0.717) is 0 Å². The van der Waals surface area contributed by atoms with Crippen molar-refractivity contribution in [3.63, 3.8) is 0 Å². The standard InChI is InChI=1S/C11H22N3O6P/c1-6(9(15)14-7(2)11(17)18)13-10(16)8(12)4-5-21(3,19)20/h6-8H,4-5,12H2,1-3H3,(H,13,16)(H,14,15)(H,17,18)(H,19,20)/p-1/t6-,7-,8-/m0/s1. The molecule has 0 fully saturated rings. The van der Waals surface area contributed by atoms with Crippen molar-refractivity contribution in [3.05, 3.63) is 0 Å². The predicted octanol–water partition coefficient (Wildman–Crippen LogP) is -3.99. The van der Waals surface area contributed by atoms with Crippen LogP contribution in [0.2, 0.25) is 0 Å². The Morgan fingerprint density at radius 2 is 1.62 bits per heavy atom.